The van der Waals surface area contributed by atoms with E-state index in [2.05, 4.69) is 24.4 Å². The van der Waals surface area contributed by atoms with Crippen molar-refractivity contribution in [3.8, 4) is 0 Å². The predicted octanol–water partition coefficient (Wildman–Crippen LogP) is 3.28. The third-order valence-electron chi connectivity index (χ3n) is 2.99. The van der Waals surface area contributed by atoms with E-state index < -0.39 is 0 Å². The van der Waals surface area contributed by atoms with Crippen molar-refractivity contribution in [1.82, 2.24) is 5.32 Å². The fourth-order valence-corrected chi connectivity index (χ4v) is 1.93. The average Bonchev–Trinajstić information content (AvgIpc) is 2.92. The van der Waals surface area contributed by atoms with Crippen molar-refractivity contribution >= 4 is 0 Å². The van der Waals surface area contributed by atoms with Gasteiger partial charge in [0.1, 0.15) is 5.76 Å². The molecule has 1 heterocycles. The van der Waals surface area contributed by atoms with E-state index in [-0.39, 0.29) is 6.04 Å². The molecule has 0 spiro atoms. The Kier molecular flexibility index (Phi) is 4.56. The summed E-state index contributed by atoms with van der Waals surface area (Å²) in [6.07, 6.45) is 1.70. The van der Waals surface area contributed by atoms with E-state index in [1.807, 2.05) is 24.3 Å². The Balaban J connectivity index is 1.97. The van der Waals surface area contributed by atoms with Crippen LogP contribution in [0.2, 0.25) is 0 Å². The van der Waals surface area contributed by atoms with Crippen LogP contribution in [-0.4, -0.2) is 7.11 Å². The predicted molar refractivity (Wildman–Crippen MR) is 71.1 cm³/mol. The summed E-state index contributed by atoms with van der Waals surface area (Å²) in [6, 6.07) is 12.4. The third-order valence-corrected chi connectivity index (χ3v) is 2.99. The first kappa shape index (κ1) is 12.9. The lowest BCUT2D eigenvalue weighted by Crippen LogP contribution is -2.18. The fourth-order valence-electron chi connectivity index (χ4n) is 1.93. The molecule has 1 N–H and O–H groups in total. The minimum Gasteiger partial charge on any atom is -0.468 e. The van der Waals surface area contributed by atoms with Crippen LogP contribution < -0.4 is 5.32 Å². The molecule has 0 fully saturated rings. The summed E-state index contributed by atoms with van der Waals surface area (Å²) in [5, 5.41) is 3.45. The van der Waals surface area contributed by atoms with Crippen molar-refractivity contribution in [3.63, 3.8) is 0 Å². The molecule has 1 aromatic carbocycles. The highest BCUT2D eigenvalue weighted by Gasteiger charge is 2.08. The zero-order valence-corrected chi connectivity index (χ0v) is 10.8. The van der Waals surface area contributed by atoms with Crippen LogP contribution in [0.3, 0.4) is 0 Å². The second-order valence-corrected chi connectivity index (χ2v) is 4.32. The van der Waals surface area contributed by atoms with Gasteiger partial charge < -0.3 is 14.5 Å². The standard InChI is InChI=1S/C15H19NO2/c1-12(15-8-5-9-18-15)16-10-13-6-3-4-7-14(13)11-17-2/h3-9,12,16H,10-11H2,1-2H3. The molecule has 0 aliphatic carbocycles. The molecule has 3 nitrogen and oxygen atoms in total. The van der Waals surface area contributed by atoms with Gasteiger partial charge in [0, 0.05) is 13.7 Å². The molecule has 2 rings (SSSR count). The largest absolute Gasteiger partial charge is 0.468 e. The average molecular weight is 245 g/mol. The normalized spacial score (nSPS) is 12.6. The summed E-state index contributed by atoms with van der Waals surface area (Å²) in [7, 11) is 1.72. The van der Waals surface area contributed by atoms with Crippen molar-refractivity contribution in [1.29, 1.82) is 0 Å². The van der Waals surface area contributed by atoms with Gasteiger partial charge in [-0.1, -0.05) is 24.3 Å². The summed E-state index contributed by atoms with van der Waals surface area (Å²) in [5.41, 5.74) is 2.48. The van der Waals surface area contributed by atoms with E-state index in [4.69, 9.17) is 9.15 Å². The first-order valence-electron chi connectivity index (χ1n) is 6.13. The number of furan rings is 1. The summed E-state index contributed by atoms with van der Waals surface area (Å²) >= 11 is 0. The third kappa shape index (κ3) is 3.22. The SMILES string of the molecule is COCc1ccccc1CNC(C)c1ccco1. The Hall–Kier alpha value is -1.58. The topological polar surface area (TPSA) is 34.4 Å². The second-order valence-electron chi connectivity index (χ2n) is 4.32. The van der Waals surface area contributed by atoms with Crippen LogP contribution in [0, 0.1) is 0 Å². The number of ether oxygens (including phenoxy) is 1. The Morgan fingerprint density at radius 1 is 1.17 bits per heavy atom. The molecule has 0 bridgehead atoms. The zero-order chi connectivity index (χ0) is 12.8. The molecule has 3 heteroatoms. The highest BCUT2D eigenvalue weighted by molar-refractivity contribution is 5.26. The smallest absolute Gasteiger partial charge is 0.120 e. The Morgan fingerprint density at radius 2 is 1.94 bits per heavy atom. The summed E-state index contributed by atoms with van der Waals surface area (Å²) < 4.78 is 10.6. The molecule has 0 saturated heterocycles. The van der Waals surface area contributed by atoms with Crippen LogP contribution in [0.1, 0.15) is 29.9 Å². The number of rotatable bonds is 6. The van der Waals surface area contributed by atoms with Crippen LogP contribution in [0.15, 0.2) is 47.1 Å². The van der Waals surface area contributed by atoms with Crippen molar-refractivity contribution in [3.05, 3.63) is 59.5 Å². The molecule has 1 atom stereocenters. The van der Waals surface area contributed by atoms with Crippen LogP contribution >= 0.6 is 0 Å². The van der Waals surface area contributed by atoms with E-state index in [1.165, 1.54) is 11.1 Å². The summed E-state index contributed by atoms with van der Waals surface area (Å²) in [4.78, 5) is 0. The molecule has 0 aliphatic heterocycles. The minimum absolute atomic E-state index is 0.204. The van der Waals surface area contributed by atoms with Crippen LogP contribution in [0.5, 0.6) is 0 Å². The molecular weight excluding hydrogens is 226 g/mol. The highest BCUT2D eigenvalue weighted by atomic mass is 16.5. The molecule has 0 amide bonds. The Morgan fingerprint density at radius 3 is 2.61 bits per heavy atom. The van der Waals surface area contributed by atoms with E-state index in [1.54, 1.807) is 13.4 Å². The van der Waals surface area contributed by atoms with Gasteiger partial charge in [-0.25, -0.2) is 0 Å². The molecule has 0 saturated carbocycles. The molecular formula is C15H19NO2. The van der Waals surface area contributed by atoms with Crippen molar-refractivity contribution in [2.45, 2.75) is 26.1 Å². The van der Waals surface area contributed by atoms with Gasteiger partial charge in [0.25, 0.3) is 0 Å². The van der Waals surface area contributed by atoms with Gasteiger partial charge in [-0.2, -0.15) is 0 Å². The highest BCUT2D eigenvalue weighted by Crippen LogP contribution is 2.15. The first-order chi connectivity index (χ1) is 8.81. The van der Waals surface area contributed by atoms with Gasteiger partial charge in [-0.3, -0.25) is 0 Å². The van der Waals surface area contributed by atoms with Gasteiger partial charge in [0.05, 0.1) is 18.9 Å². The summed E-state index contributed by atoms with van der Waals surface area (Å²) in [5.74, 6) is 0.958. The lowest BCUT2D eigenvalue weighted by Gasteiger charge is -2.13. The van der Waals surface area contributed by atoms with E-state index in [9.17, 15) is 0 Å². The molecule has 1 aromatic heterocycles. The van der Waals surface area contributed by atoms with Crippen molar-refractivity contribution in [2.75, 3.05) is 7.11 Å². The first-order valence-corrected chi connectivity index (χ1v) is 6.13. The monoisotopic (exact) mass is 245 g/mol. The van der Waals surface area contributed by atoms with Gasteiger partial charge >= 0.3 is 0 Å². The van der Waals surface area contributed by atoms with Gasteiger partial charge in [0.2, 0.25) is 0 Å². The second kappa shape index (κ2) is 6.38. The maximum Gasteiger partial charge on any atom is 0.120 e. The van der Waals surface area contributed by atoms with Crippen molar-refractivity contribution in [2.24, 2.45) is 0 Å². The lowest BCUT2D eigenvalue weighted by molar-refractivity contribution is 0.184. The summed E-state index contributed by atoms with van der Waals surface area (Å²) in [6.45, 7) is 3.55. The number of methoxy groups -OCH3 is 1. The number of hydrogen-bond donors (Lipinski definition) is 1. The molecule has 2 aromatic rings. The van der Waals surface area contributed by atoms with Crippen LogP contribution in [0.4, 0.5) is 0 Å². The van der Waals surface area contributed by atoms with E-state index >= 15 is 0 Å². The van der Waals surface area contributed by atoms with Gasteiger partial charge in [-0.05, 0) is 30.2 Å². The molecule has 96 valence electrons. The number of nitrogens with one attached hydrogen (secondary N) is 1. The quantitative estimate of drug-likeness (QED) is 0.848. The van der Waals surface area contributed by atoms with Crippen molar-refractivity contribution < 1.29 is 9.15 Å². The van der Waals surface area contributed by atoms with Crippen LogP contribution in [0.25, 0.3) is 0 Å². The number of benzene rings is 1. The van der Waals surface area contributed by atoms with Gasteiger partial charge in [0.15, 0.2) is 0 Å². The molecule has 1 unspecified atom stereocenters. The van der Waals surface area contributed by atoms with E-state index in [0.717, 1.165) is 12.3 Å². The van der Waals surface area contributed by atoms with Gasteiger partial charge in [-0.15, -0.1) is 0 Å². The zero-order valence-electron chi connectivity index (χ0n) is 10.8. The Bertz CT molecular complexity index is 465. The molecule has 0 radical (unpaired) electrons. The lowest BCUT2D eigenvalue weighted by atomic mass is 10.1. The van der Waals surface area contributed by atoms with Crippen LogP contribution in [-0.2, 0) is 17.9 Å². The maximum atomic E-state index is 5.37. The number of hydrogen-bond acceptors (Lipinski definition) is 3. The maximum absolute atomic E-state index is 5.37. The van der Waals surface area contributed by atoms with E-state index in [0.29, 0.717) is 6.61 Å². The fraction of sp³-hybridized carbons (Fsp3) is 0.333. The minimum atomic E-state index is 0.204. The molecule has 0 aliphatic rings. The molecule has 18 heavy (non-hydrogen) atoms. The Labute approximate surface area is 108 Å².